The van der Waals surface area contributed by atoms with Gasteiger partial charge in [-0.05, 0) is 54.9 Å². The van der Waals surface area contributed by atoms with E-state index in [1.54, 1.807) is 0 Å². The van der Waals surface area contributed by atoms with Gasteiger partial charge in [0.25, 0.3) is 0 Å². The standard InChI is InChI=1S/C44H28O/c1-3-13-29(14-4-1)33-21-11-23-39-40-24-12-22-34(44(40)45-43(33)39)30-25-27-32(28-26-30)42-37-19-9-7-17-35(37)41(31-15-5-2-6-16-31)36-18-8-10-20-38(36)42/h1-28H/i1D,2D,3D,4D,5D,6D,7D,8D,9D,10D,11D,12D,13D,14D,15D,16D,17D,18D,19D,20D,21D,22D,23D. The summed E-state index contributed by atoms with van der Waals surface area (Å²) in [7, 11) is 0. The number of benzene rings is 8. The van der Waals surface area contributed by atoms with Crippen LogP contribution in [0.4, 0.5) is 0 Å². The molecular weight excluding hydrogens is 544 g/mol. The van der Waals surface area contributed by atoms with E-state index in [4.69, 9.17) is 33.2 Å². The molecule has 0 aliphatic heterocycles. The van der Waals surface area contributed by atoms with E-state index >= 15 is 0 Å². The molecule has 0 radical (unpaired) electrons. The quantitative estimate of drug-likeness (QED) is 0.184. The summed E-state index contributed by atoms with van der Waals surface area (Å²) in [5, 5.41) is -1.59. The molecule has 1 aromatic heterocycles. The van der Waals surface area contributed by atoms with Gasteiger partial charge in [-0.3, -0.25) is 0 Å². The predicted molar refractivity (Wildman–Crippen MR) is 190 cm³/mol. The van der Waals surface area contributed by atoms with E-state index < -0.39 is 172 Å². The molecule has 0 amide bonds. The molecule has 9 aromatic rings. The second-order valence-electron chi connectivity index (χ2n) is 9.92. The van der Waals surface area contributed by atoms with E-state index in [2.05, 4.69) is 0 Å². The number of para-hydroxylation sites is 2. The lowest BCUT2D eigenvalue weighted by atomic mass is 9.85. The van der Waals surface area contributed by atoms with Crippen molar-refractivity contribution in [1.82, 2.24) is 0 Å². The highest BCUT2D eigenvalue weighted by Crippen LogP contribution is 2.44. The SMILES string of the molecule is [2H]c1cc2c(oc3c(-c4c([2H])c([2H])c([2H])c([2H])c4[2H])c([2H])c([2H])c([2H])c32)c(-c2ccc(-c3c4c([2H])c([2H])c([2H])c([2H])c4c(-c4c([2H])c([2H])c([2H])c([2H])c4[2H])c4c([2H])c([2H])c([2H])c([2H])c34)cc2)c1[2H]. The minimum absolute atomic E-state index is 0.0133. The molecule has 0 saturated carbocycles. The van der Waals surface area contributed by atoms with Gasteiger partial charge in [0.1, 0.15) is 11.2 Å². The Labute approximate surface area is 293 Å². The molecule has 210 valence electrons. The maximum atomic E-state index is 9.22. The van der Waals surface area contributed by atoms with Gasteiger partial charge in [0.05, 0.1) is 31.5 Å². The average molecular weight is 596 g/mol. The lowest BCUT2D eigenvalue weighted by Crippen LogP contribution is -1.90. The Morgan fingerprint density at radius 1 is 0.311 bits per heavy atom. The van der Waals surface area contributed by atoms with Crippen LogP contribution in [-0.2, 0) is 0 Å². The third-order valence-electron chi connectivity index (χ3n) is 7.53. The molecule has 0 unspecified atom stereocenters. The molecule has 45 heavy (non-hydrogen) atoms. The van der Waals surface area contributed by atoms with Gasteiger partial charge in [0.2, 0.25) is 0 Å². The zero-order chi connectivity index (χ0) is 49.8. The van der Waals surface area contributed by atoms with E-state index in [0.29, 0.717) is 0 Å². The van der Waals surface area contributed by atoms with Crippen LogP contribution in [-0.4, -0.2) is 0 Å². The lowest BCUT2D eigenvalue weighted by molar-refractivity contribution is 0.671. The Hall–Kier alpha value is -5.92. The highest BCUT2D eigenvalue weighted by Gasteiger charge is 2.18. The smallest absolute Gasteiger partial charge is 0.143 e. The number of rotatable bonds is 4. The van der Waals surface area contributed by atoms with Crippen molar-refractivity contribution >= 4 is 43.5 Å². The molecule has 0 spiro atoms. The van der Waals surface area contributed by atoms with E-state index in [1.165, 1.54) is 30.3 Å². The van der Waals surface area contributed by atoms with Crippen LogP contribution in [0.2, 0.25) is 0 Å². The Kier molecular flexibility index (Phi) is 2.66. The summed E-state index contributed by atoms with van der Waals surface area (Å²) in [6, 6.07) is -9.41. The third kappa shape index (κ3) is 4.09. The Bertz CT molecular complexity index is 3680. The van der Waals surface area contributed by atoms with Gasteiger partial charge in [-0.15, -0.1) is 0 Å². The van der Waals surface area contributed by atoms with Crippen LogP contribution in [0.3, 0.4) is 0 Å². The average Bonchev–Trinajstić information content (AvgIpc) is 3.69. The third-order valence-corrected chi connectivity index (χ3v) is 7.53. The molecule has 0 fully saturated rings. The summed E-state index contributed by atoms with van der Waals surface area (Å²) in [5.74, 6) is 0. The molecule has 0 aliphatic carbocycles. The van der Waals surface area contributed by atoms with Crippen molar-refractivity contribution in [3.8, 4) is 44.5 Å². The number of furan rings is 1. The maximum Gasteiger partial charge on any atom is 0.143 e. The first-order chi connectivity index (χ1) is 31.9. The van der Waals surface area contributed by atoms with E-state index in [0.717, 1.165) is 0 Å². The van der Waals surface area contributed by atoms with E-state index in [9.17, 15) is 2.74 Å². The van der Waals surface area contributed by atoms with Gasteiger partial charge in [-0.25, -0.2) is 0 Å². The van der Waals surface area contributed by atoms with Crippen molar-refractivity contribution in [2.45, 2.75) is 0 Å². The molecule has 0 bridgehead atoms. The minimum Gasteiger partial charge on any atom is -0.455 e. The van der Waals surface area contributed by atoms with Crippen molar-refractivity contribution in [2.24, 2.45) is 0 Å². The van der Waals surface area contributed by atoms with E-state index in [-0.39, 0.29) is 55.0 Å². The van der Waals surface area contributed by atoms with Gasteiger partial charge in [0.15, 0.2) is 0 Å². The largest absolute Gasteiger partial charge is 0.455 e. The fraction of sp³-hybridized carbons (Fsp3) is 0. The van der Waals surface area contributed by atoms with Crippen LogP contribution in [0.5, 0.6) is 0 Å². The van der Waals surface area contributed by atoms with Gasteiger partial charge >= 0.3 is 0 Å². The van der Waals surface area contributed by atoms with Crippen LogP contribution in [0.25, 0.3) is 88.0 Å². The molecule has 0 aliphatic rings. The summed E-state index contributed by atoms with van der Waals surface area (Å²) in [6.07, 6.45) is 0. The molecule has 0 saturated heterocycles. The second kappa shape index (κ2) is 10.4. The fourth-order valence-electron chi connectivity index (χ4n) is 5.61. The van der Waals surface area contributed by atoms with Crippen LogP contribution in [0.1, 0.15) is 31.5 Å². The van der Waals surface area contributed by atoms with Crippen molar-refractivity contribution < 1.29 is 35.9 Å². The predicted octanol–water partition coefficient (Wildman–Crippen LogP) is 12.6. The molecule has 0 atom stereocenters. The zero-order valence-electron chi connectivity index (χ0n) is 45.8. The Morgan fingerprint density at radius 2 is 0.756 bits per heavy atom. The zero-order valence-corrected chi connectivity index (χ0v) is 22.8. The van der Waals surface area contributed by atoms with Crippen LogP contribution < -0.4 is 0 Å². The Morgan fingerprint density at radius 3 is 1.38 bits per heavy atom. The van der Waals surface area contributed by atoms with Crippen molar-refractivity contribution in [3.63, 3.8) is 0 Å². The highest BCUT2D eigenvalue weighted by atomic mass is 16.3. The molecule has 9 rings (SSSR count). The first-order valence-electron chi connectivity index (χ1n) is 25.1. The molecule has 1 heterocycles. The molecule has 1 heteroatoms. The summed E-state index contributed by atoms with van der Waals surface area (Å²) < 4.78 is 207. The molecule has 0 N–H and O–H groups in total. The van der Waals surface area contributed by atoms with Gasteiger partial charge in [0, 0.05) is 21.9 Å². The topological polar surface area (TPSA) is 13.1 Å². The second-order valence-corrected chi connectivity index (χ2v) is 9.92. The summed E-state index contributed by atoms with van der Waals surface area (Å²) >= 11 is 0. The van der Waals surface area contributed by atoms with Crippen LogP contribution in [0, 0.1) is 0 Å². The number of fused-ring (bicyclic) bond motifs is 5. The maximum absolute atomic E-state index is 9.22. The van der Waals surface area contributed by atoms with Gasteiger partial charge < -0.3 is 4.42 Å². The normalized spacial score (nSPS) is 18.7. The number of hydrogen-bond acceptors (Lipinski definition) is 1. The monoisotopic (exact) mass is 595 g/mol. The summed E-state index contributed by atoms with van der Waals surface area (Å²) in [4.78, 5) is 0. The molecular formula is C44H28O. The fourth-order valence-corrected chi connectivity index (χ4v) is 5.61. The first-order valence-corrected chi connectivity index (χ1v) is 13.6. The summed E-state index contributed by atoms with van der Waals surface area (Å²) in [6.45, 7) is 0. The van der Waals surface area contributed by atoms with Crippen molar-refractivity contribution in [2.75, 3.05) is 0 Å². The van der Waals surface area contributed by atoms with Gasteiger partial charge in [-0.1, -0.05) is 169 Å². The first kappa shape index (κ1) is 11.5. The number of hydrogen-bond donors (Lipinski definition) is 0. The van der Waals surface area contributed by atoms with Crippen molar-refractivity contribution in [1.29, 1.82) is 0 Å². The Balaban J connectivity index is 1.40. The molecule has 1 nitrogen and oxygen atoms in total. The van der Waals surface area contributed by atoms with E-state index in [1.807, 2.05) is 0 Å². The minimum atomic E-state index is -0.808. The molecule has 8 aromatic carbocycles. The van der Waals surface area contributed by atoms with Crippen LogP contribution in [0.15, 0.2) is 174 Å². The van der Waals surface area contributed by atoms with Crippen molar-refractivity contribution in [3.05, 3.63) is 169 Å². The summed E-state index contributed by atoms with van der Waals surface area (Å²) in [5.41, 5.74) is -2.37. The highest BCUT2D eigenvalue weighted by molar-refractivity contribution is 6.21. The van der Waals surface area contributed by atoms with Gasteiger partial charge in [-0.2, -0.15) is 0 Å². The lowest BCUT2D eigenvalue weighted by Gasteiger charge is -2.18. The van der Waals surface area contributed by atoms with Crippen LogP contribution >= 0.6 is 0 Å².